The van der Waals surface area contributed by atoms with E-state index in [1.807, 2.05) is 6.92 Å². The van der Waals surface area contributed by atoms with Crippen molar-refractivity contribution in [1.82, 2.24) is 15.0 Å². The van der Waals surface area contributed by atoms with Gasteiger partial charge in [-0.25, -0.2) is 4.39 Å². The maximum absolute atomic E-state index is 13.8. The Hall–Kier alpha value is -1.96. The highest BCUT2D eigenvalue weighted by atomic mass is 79.9. The molecule has 6 nitrogen and oxygen atoms in total. The lowest BCUT2D eigenvalue weighted by Gasteiger charge is -2.10. The second-order valence-corrected chi connectivity index (χ2v) is 4.52. The van der Waals surface area contributed by atoms with Crippen molar-refractivity contribution < 1.29 is 9.13 Å². The lowest BCUT2D eigenvalue weighted by Crippen LogP contribution is -2.07. The number of benzene rings is 1. The van der Waals surface area contributed by atoms with Crippen LogP contribution in [0.3, 0.4) is 0 Å². The van der Waals surface area contributed by atoms with Gasteiger partial charge in [0.2, 0.25) is 11.9 Å². The predicted octanol–water partition coefficient (Wildman–Crippen LogP) is 2.96. The van der Waals surface area contributed by atoms with Crippen molar-refractivity contribution in [2.75, 3.05) is 24.3 Å². The molecule has 1 aromatic heterocycles. The molecule has 0 spiro atoms. The van der Waals surface area contributed by atoms with Crippen molar-refractivity contribution in [2.24, 2.45) is 0 Å². The average molecular weight is 342 g/mol. The molecule has 0 saturated carbocycles. The van der Waals surface area contributed by atoms with Crippen LogP contribution in [0.15, 0.2) is 22.7 Å². The number of hydrogen-bond donors (Lipinski definition) is 2. The zero-order valence-electron chi connectivity index (χ0n) is 10.9. The quantitative estimate of drug-likeness (QED) is 0.871. The molecule has 0 radical (unpaired) electrons. The summed E-state index contributed by atoms with van der Waals surface area (Å²) in [4.78, 5) is 12.2. The minimum atomic E-state index is -0.413. The Balaban J connectivity index is 2.35. The van der Waals surface area contributed by atoms with Crippen LogP contribution in [0.1, 0.15) is 6.92 Å². The molecule has 1 aromatic carbocycles. The maximum Gasteiger partial charge on any atom is 0.323 e. The van der Waals surface area contributed by atoms with Gasteiger partial charge in [0, 0.05) is 11.5 Å². The molecule has 20 heavy (non-hydrogen) atoms. The van der Waals surface area contributed by atoms with Crippen molar-refractivity contribution in [1.29, 1.82) is 0 Å². The van der Waals surface area contributed by atoms with Gasteiger partial charge in [0.25, 0.3) is 0 Å². The van der Waals surface area contributed by atoms with Gasteiger partial charge in [0.05, 0.1) is 12.3 Å². The Morgan fingerprint density at radius 1 is 1.25 bits per heavy atom. The van der Waals surface area contributed by atoms with Crippen molar-refractivity contribution in [2.45, 2.75) is 6.92 Å². The lowest BCUT2D eigenvalue weighted by molar-refractivity contribution is 0.312. The normalized spacial score (nSPS) is 10.2. The first-order valence-corrected chi connectivity index (χ1v) is 6.71. The SMILES string of the molecule is CCOc1nc(NC)nc(Nc2c(F)cccc2Br)n1. The van der Waals surface area contributed by atoms with E-state index in [0.29, 0.717) is 17.0 Å². The van der Waals surface area contributed by atoms with E-state index in [9.17, 15) is 4.39 Å². The van der Waals surface area contributed by atoms with Crippen LogP contribution in [0, 0.1) is 5.82 Å². The second kappa shape index (κ2) is 6.47. The number of ether oxygens (including phenoxy) is 1. The lowest BCUT2D eigenvalue weighted by atomic mass is 10.3. The van der Waals surface area contributed by atoms with Gasteiger partial charge in [0.15, 0.2) is 0 Å². The number of aromatic nitrogens is 3. The number of halogens is 2. The van der Waals surface area contributed by atoms with Crippen molar-refractivity contribution in [3.63, 3.8) is 0 Å². The molecule has 0 bridgehead atoms. The molecular weight excluding hydrogens is 329 g/mol. The molecule has 0 aliphatic rings. The molecule has 106 valence electrons. The Morgan fingerprint density at radius 3 is 2.65 bits per heavy atom. The molecule has 1 heterocycles. The van der Waals surface area contributed by atoms with Crippen molar-refractivity contribution in [3.05, 3.63) is 28.5 Å². The van der Waals surface area contributed by atoms with E-state index in [2.05, 4.69) is 41.5 Å². The minimum Gasteiger partial charge on any atom is -0.464 e. The summed E-state index contributed by atoms with van der Waals surface area (Å²) >= 11 is 3.27. The maximum atomic E-state index is 13.8. The third kappa shape index (κ3) is 3.32. The minimum absolute atomic E-state index is 0.168. The van der Waals surface area contributed by atoms with E-state index in [0.717, 1.165) is 0 Å². The Morgan fingerprint density at radius 2 is 2.00 bits per heavy atom. The van der Waals surface area contributed by atoms with Gasteiger partial charge in [-0.1, -0.05) is 6.07 Å². The summed E-state index contributed by atoms with van der Waals surface area (Å²) in [5, 5.41) is 5.60. The second-order valence-electron chi connectivity index (χ2n) is 3.67. The van der Waals surface area contributed by atoms with Gasteiger partial charge in [-0.3, -0.25) is 0 Å². The van der Waals surface area contributed by atoms with Crippen LogP contribution in [0.25, 0.3) is 0 Å². The first-order chi connectivity index (χ1) is 9.63. The van der Waals surface area contributed by atoms with Crippen LogP contribution < -0.4 is 15.4 Å². The van der Waals surface area contributed by atoms with E-state index >= 15 is 0 Å². The van der Waals surface area contributed by atoms with Gasteiger partial charge in [-0.15, -0.1) is 0 Å². The Labute approximate surface area is 123 Å². The topological polar surface area (TPSA) is 72.0 Å². The summed E-state index contributed by atoms with van der Waals surface area (Å²) in [6.07, 6.45) is 0. The number of rotatable bonds is 5. The molecule has 2 N–H and O–H groups in total. The molecule has 0 amide bonds. The summed E-state index contributed by atoms with van der Waals surface area (Å²) in [6, 6.07) is 4.83. The highest BCUT2D eigenvalue weighted by molar-refractivity contribution is 9.10. The van der Waals surface area contributed by atoms with E-state index in [-0.39, 0.29) is 17.6 Å². The highest BCUT2D eigenvalue weighted by Gasteiger charge is 2.11. The largest absolute Gasteiger partial charge is 0.464 e. The van der Waals surface area contributed by atoms with E-state index < -0.39 is 5.82 Å². The molecule has 0 saturated heterocycles. The van der Waals surface area contributed by atoms with Crippen molar-refractivity contribution >= 4 is 33.5 Å². The van der Waals surface area contributed by atoms with Gasteiger partial charge in [-0.05, 0) is 35.0 Å². The fourth-order valence-corrected chi connectivity index (χ4v) is 1.89. The Bertz CT molecular complexity index is 590. The highest BCUT2D eigenvalue weighted by Crippen LogP contribution is 2.27. The molecule has 0 aliphatic heterocycles. The van der Waals surface area contributed by atoms with E-state index in [1.165, 1.54) is 6.07 Å². The van der Waals surface area contributed by atoms with Crippen LogP contribution in [0.4, 0.5) is 22.0 Å². The number of nitrogens with zero attached hydrogens (tertiary/aromatic N) is 3. The Kier molecular flexibility index (Phi) is 4.67. The van der Waals surface area contributed by atoms with Crippen LogP contribution in [0.2, 0.25) is 0 Å². The summed E-state index contributed by atoms with van der Waals surface area (Å²) in [6.45, 7) is 2.25. The molecule has 0 unspecified atom stereocenters. The molecular formula is C12H13BrFN5O. The standard InChI is InChI=1S/C12H13BrFN5O/c1-3-20-12-18-10(15-2)17-11(19-12)16-9-7(13)5-4-6-8(9)14/h4-6H,3H2,1-2H3,(H2,15,16,17,18,19). The summed E-state index contributed by atoms with van der Waals surface area (Å²) in [5.74, 6) is 0.112. The summed E-state index contributed by atoms with van der Waals surface area (Å²) in [7, 11) is 1.67. The van der Waals surface area contributed by atoms with Gasteiger partial charge < -0.3 is 15.4 Å². The first-order valence-electron chi connectivity index (χ1n) is 5.91. The van der Waals surface area contributed by atoms with Gasteiger partial charge in [0.1, 0.15) is 5.82 Å². The summed E-state index contributed by atoms with van der Waals surface area (Å²) in [5.41, 5.74) is 0.253. The third-order valence-corrected chi connectivity index (χ3v) is 2.97. The third-order valence-electron chi connectivity index (χ3n) is 2.31. The molecule has 8 heteroatoms. The zero-order chi connectivity index (χ0) is 14.5. The average Bonchev–Trinajstić information content (AvgIpc) is 2.43. The van der Waals surface area contributed by atoms with Gasteiger partial charge in [-0.2, -0.15) is 15.0 Å². The molecule has 2 rings (SSSR count). The zero-order valence-corrected chi connectivity index (χ0v) is 12.5. The predicted molar refractivity (Wildman–Crippen MR) is 77.9 cm³/mol. The molecule has 0 aliphatic carbocycles. The molecule has 0 fully saturated rings. The van der Waals surface area contributed by atoms with Crippen LogP contribution in [-0.2, 0) is 0 Å². The van der Waals surface area contributed by atoms with Crippen LogP contribution >= 0.6 is 15.9 Å². The first kappa shape index (κ1) is 14.4. The molecule has 2 aromatic rings. The van der Waals surface area contributed by atoms with Crippen LogP contribution in [0.5, 0.6) is 6.01 Å². The fraction of sp³-hybridized carbons (Fsp3) is 0.250. The number of nitrogens with one attached hydrogen (secondary N) is 2. The van der Waals surface area contributed by atoms with E-state index in [1.54, 1.807) is 19.2 Å². The van der Waals surface area contributed by atoms with Crippen molar-refractivity contribution in [3.8, 4) is 6.01 Å². The monoisotopic (exact) mass is 341 g/mol. The smallest absolute Gasteiger partial charge is 0.323 e. The van der Waals surface area contributed by atoms with Gasteiger partial charge >= 0.3 is 6.01 Å². The van der Waals surface area contributed by atoms with E-state index in [4.69, 9.17) is 4.74 Å². The fourth-order valence-electron chi connectivity index (χ4n) is 1.45. The summed E-state index contributed by atoms with van der Waals surface area (Å²) < 4.78 is 19.6. The number of anilines is 3. The molecule has 0 atom stereocenters. The van der Waals surface area contributed by atoms with Crippen LogP contribution in [-0.4, -0.2) is 28.6 Å². The number of para-hydroxylation sites is 1. The number of hydrogen-bond acceptors (Lipinski definition) is 6.